The number of ether oxygens (including phenoxy) is 1. The molecule has 1 heterocycles. The summed E-state index contributed by atoms with van der Waals surface area (Å²) in [5.41, 5.74) is 4.07. The summed E-state index contributed by atoms with van der Waals surface area (Å²) in [5, 5.41) is 0. The summed E-state index contributed by atoms with van der Waals surface area (Å²) in [5.74, 6) is 6.91. The number of hydrogen-bond acceptors (Lipinski definition) is 3. The fraction of sp³-hybridized carbons (Fsp3) is 0.455. The van der Waals surface area contributed by atoms with Crippen molar-refractivity contribution in [3.63, 3.8) is 0 Å². The van der Waals surface area contributed by atoms with Gasteiger partial charge in [-0.25, -0.2) is 0 Å². The van der Waals surface area contributed by atoms with Gasteiger partial charge in [0.25, 0.3) is 0 Å². The maximum absolute atomic E-state index is 5.66. The maximum Gasteiger partial charge on any atom is 0.122 e. The maximum atomic E-state index is 5.66. The van der Waals surface area contributed by atoms with Crippen LogP contribution in [0.15, 0.2) is 24.3 Å². The summed E-state index contributed by atoms with van der Waals surface area (Å²) in [7, 11) is 0. The molecule has 0 spiro atoms. The van der Waals surface area contributed by atoms with Crippen LogP contribution in [-0.4, -0.2) is 12.6 Å². The van der Waals surface area contributed by atoms with E-state index in [-0.39, 0.29) is 0 Å². The van der Waals surface area contributed by atoms with Crippen LogP contribution in [0.25, 0.3) is 0 Å². The number of para-hydroxylation sites is 1. The molecule has 3 nitrogen and oxygen atoms in total. The van der Waals surface area contributed by atoms with Crippen molar-refractivity contribution in [3.05, 3.63) is 29.8 Å². The molecule has 0 bridgehead atoms. The van der Waals surface area contributed by atoms with Crippen molar-refractivity contribution in [1.29, 1.82) is 0 Å². The highest BCUT2D eigenvalue weighted by molar-refractivity contribution is 5.35. The second-order valence-corrected chi connectivity index (χ2v) is 3.84. The molecule has 1 aliphatic rings. The summed E-state index contributed by atoms with van der Waals surface area (Å²) < 4.78 is 5.66. The number of nitrogens with two attached hydrogens (primary N) is 1. The fourth-order valence-electron chi connectivity index (χ4n) is 1.81. The Labute approximate surface area is 84.2 Å². The van der Waals surface area contributed by atoms with Gasteiger partial charge in [0, 0.05) is 12.0 Å². The lowest BCUT2D eigenvalue weighted by atomic mass is 9.92. The fourth-order valence-corrected chi connectivity index (χ4v) is 1.81. The normalized spacial score (nSPS) is 22.3. The monoisotopic (exact) mass is 192 g/mol. The zero-order valence-corrected chi connectivity index (χ0v) is 8.36. The molecule has 14 heavy (non-hydrogen) atoms. The molecule has 2 atom stereocenters. The molecule has 3 heteroatoms. The molecule has 0 aliphatic carbocycles. The highest BCUT2D eigenvalue weighted by atomic mass is 16.5. The van der Waals surface area contributed by atoms with Crippen LogP contribution < -0.4 is 16.0 Å². The van der Waals surface area contributed by atoms with E-state index >= 15 is 0 Å². The van der Waals surface area contributed by atoms with Crippen LogP contribution in [0.2, 0.25) is 0 Å². The van der Waals surface area contributed by atoms with Gasteiger partial charge in [-0.3, -0.25) is 11.3 Å². The molecular weight excluding hydrogens is 176 g/mol. The van der Waals surface area contributed by atoms with Crippen molar-refractivity contribution >= 4 is 0 Å². The first-order chi connectivity index (χ1) is 6.81. The smallest absolute Gasteiger partial charge is 0.122 e. The molecule has 2 rings (SSSR count). The Hall–Kier alpha value is -1.06. The summed E-state index contributed by atoms with van der Waals surface area (Å²) in [6, 6.07) is 8.48. The molecule has 3 N–H and O–H groups in total. The van der Waals surface area contributed by atoms with Gasteiger partial charge < -0.3 is 4.74 Å². The van der Waals surface area contributed by atoms with E-state index in [0.29, 0.717) is 12.0 Å². The Morgan fingerprint density at radius 3 is 3.07 bits per heavy atom. The van der Waals surface area contributed by atoms with Crippen molar-refractivity contribution in [2.24, 2.45) is 11.8 Å². The molecule has 0 radical (unpaired) electrons. The number of hydrazine groups is 1. The van der Waals surface area contributed by atoms with Gasteiger partial charge in [0.15, 0.2) is 0 Å². The Bertz CT molecular complexity index is 314. The number of benzene rings is 1. The number of nitrogens with one attached hydrogen (secondary N) is 1. The third kappa shape index (κ3) is 1.74. The molecule has 76 valence electrons. The number of fused-ring (bicyclic) bond motifs is 1. The molecule has 0 saturated heterocycles. The van der Waals surface area contributed by atoms with Gasteiger partial charge in [-0.15, -0.1) is 0 Å². The van der Waals surface area contributed by atoms with Crippen LogP contribution in [0.1, 0.15) is 12.5 Å². The van der Waals surface area contributed by atoms with E-state index < -0.39 is 0 Å². The summed E-state index contributed by atoms with van der Waals surface area (Å²) >= 11 is 0. The summed E-state index contributed by atoms with van der Waals surface area (Å²) in [6.45, 7) is 2.84. The molecule has 1 aromatic carbocycles. The Morgan fingerprint density at radius 2 is 2.29 bits per heavy atom. The van der Waals surface area contributed by atoms with Crippen LogP contribution >= 0.6 is 0 Å². The predicted octanol–water partition coefficient (Wildman–Crippen LogP) is 1.09. The van der Waals surface area contributed by atoms with Crippen LogP contribution in [0.5, 0.6) is 5.75 Å². The quantitative estimate of drug-likeness (QED) is 0.544. The van der Waals surface area contributed by atoms with E-state index in [1.54, 1.807) is 0 Å². The first-order valence-electron chi connectivity index (χ1n) is 4.98. The Kier molecular flexibility index (Phi) is 2.70. The minimum Gasteiger partial charge on any atom is -0.493 e. The van der Waals surface area contributed by atoms with E-state index in [0.717, 1.165) is 18.8 Å². The van der Waals surface area contributed by atoms with Crippen LogP contribution in [0.3, 0.4) is 0 Å². The molecule has 0 aromatic heterocycles. The van der Waals surface area contributed by atoms with Gasteiger partial charge in [-0.2, -0.15) is 0 Å². The molecular formula is C11H16N2O. The average molecular weight is 192 g/mol. The average Bonchev–Trinajstić information content (AvgIpc) is 2.27. The molecule has 1 aromatic rings. The third-order valence-electron chi connectivity index (χ3n) is 2.88. The molecule has 2 unspecified atom stereocenters. The molecule has 1 aliphatic heterocycles. The van der Waals surface area contributed by atoms with Gasteiger partial charge in [-0.1, -0.05) is 18.2 Å². The minimum absolute atomic E-state index is 0.295. The van der Waals surface area contributed by atoms with E-state index in [4.69, 9.17) is 10.6 Å². The van der Waals surface area contributed by atoms with Gasteiger partial charge >= 0.3 is 0 Å². The standard InChI is InChI=1S/C11H16N2O/c1-8(13-12)10-6-9-4-2-3-5-11(9)14-7-10/h2-5,8,10,13H,6-7,12H2,1H3. The van der Waals surface area contributed by atoms with Crippen molar-refractivity contribution in [2.75, 3.05) is 6.61 Å². The van der Waals surface area contributed by atoms with Crippen molar-refractivity contribution < 1.29 is 4.74 Å². The largest absolute Gasteiger partial charge is 0.493 e. The van der Waals surface area contributed by atoms with Crippen LogP contribution in [0, 0.1) is 5.92 Å². The molecule has 0 saturated carbocycles. The Morgan fingerprint density at radius 1 is 1.50 bits per heavy atom. The highest BCUT2D eigenvalue weighted by Crippen LogP contribution is 2.27. The van der Waals surface area contributed by atoms with Gasteiger partial charge in [0.1, 0.15) is 5.75 Å². The van der Waals surface area contributed by atoms with E-state index in [1.807, 2.05) is 18.2 Å². The topological polar surface area (TPSA) is 47.3 Å². The summed E-state index contributed by atoms with van der Waals surface area (Å²) in [6.07, 6.45) is 1.04. The van der Waals surface area contributed by atoms with E-state index in [1.165, 1.54) is 5.56 Å². The van der Waals surface area contributed by atoms with E-state index in [9.17, 15) is 0 Å². The van der Waals surface area contributed by atoms with Crippen molar-refractivity contribution in [2.45, 2.75) is 19.4 Å². The first-order valence-corrected chi connectivity index (χ1v) is 4.98. The lowest BCUT2D eigenvalue weighted by Crippen LogP contribution is -2.43. The van der Waals surface area contributed by atoms with Gasteiger partial charge in [0.05, 0.1) is 6.61 Å². The lowest BCUT2D eigenvalue weighted by molar-refractivity contribution is 0.190. The zero-order chi connectivity index (χ0) is 9.97. The predicted molar refractivity (Wildman–Crippen MR) is 55.9 cm³/mol. The van der Waals surface area contributed by atoms with Crippen LogP contribution in [-0.2, 0) is 6.42 Å². The zero-order valence-electron chi connectivity index (χ0n) is 8.36. The number of rotatable bonds is 2. The first kappa shape index (κ1) is 9.49. The second-order valence-electron chi connectivity index (χ2n) is 3.84. The highest BCUT2D eigenvalue weighted by Gasteiger charge is 2.23. The summed E-state index contributed by atoms with van der Waals surface area (Å²) in [4.78, 5) is 0. The van der Waals surface area contributed by atoms with Gasteiger partial charge in [0.2, 0.25) is 0 Å². The minimum atomic E-state index is 0.295. The Balaban J connectivity index is 2.13. The molecule has 0 amide bonds. The van der Waals surface area contributed by atoms with Gasteiger partial charge in [-0.05, 0) is 25.0 Å². The SMILES string of the molecule is CC(NN)C1COc2ccccc2C1. The van der Waals surface area contributed by atoms with Crippen molar-refractivity contribution in [3.8, 4) is 5.75 Å². The van der Waals surface area contributed by atoms with Crippen molar-refractivity contribution in [1.82, 2.24) is 5.43 Å². The molecule has 0 fully saturated rings. The second kappa shape index (κ2) is 3.98. The van der Waals surface area contributed by atoms with E-state index in [2.05, 4.69) is 18.4 Å². The lowest BCUT2D eigenvalue weighted by Gasteiger charge is -2.29. The third-order valence-corrected chi connectivity index (χ3v) is 2.88. The number of hydrogen-bond donors (Lipinski definition) is 2. The van der Waals surface area contributed by atoms with Crippen LogP contribution in [0.4, 0.5) is 0 Å².